The largest absolute Gasteiger partial charge is 0.461 e. The first-order valence-corrected chi connectivity index (χ1v) is 12.6. The van der Waals surface area contributed by atoms with Crippen molar-refractivity contribution in [2.75, 3.05) is 24.2 Å². The quantitative estimate of drug-likeness (QED) is 0.343. The van der Waals surface area contributed by atoms with Crippen LogP contribution in [0.1, 0.15) is 22.8 Å². The Morgan fingerprint density at radius 2 is 1.95 bits per heavy atom. The Morgan fingerprint density at radius 1 is 1.14 bits per heavy atom. The second-order valence-corrected chi connectivity index (χ2v) is 9.34. The number of hydrogen-bond acceptors (Lipinski definition) is 7. The van der Waals surface area contributed by atoms with Gasteiger partial charge in [-0.25, -0.2) is 14.8 Å². The SMILES string of the molecule is CC(=O)c1ccc(NC(=O)NCCN2N=C(c3ccc4c(c3)nc(-c3ccco3)n4C)CSC2=O)cc1. The smallest absolute Gasteiger partial charge is 0.319 e. The summed E-state index contributed by atoms with van der Waals surface area (Å²) in [5.74, 6) is 1.82. The predicted octanol–water partition coefficient (Wildman–Crippen LogP) is 4.73. The number of rotatable bonds is 7. The minimum absolute atomic E-state index is 0.0430. The zero-order valence-corrected chi connectivity index (χ0v) is 21.0. The summed E-state index contributed by atoms with van der Waals surface area (Å²) in [6, 6.07) is 15.8. The number of ketones is 1. The van der Waals surface area contributed by atoms with E-state index in [9.17, 15) is 14.4 Å². The van der Waals surface area contributed by atoms with Crippen LogP contribution in [0.4, 0.5) is 15.3 Å². The minimum Gasteiger partial charge on any atom is -0.461 e. The number of imidazole rings is 1. The second kappa shape index (κ2) is 10.3. The molecule has 0 saturated heterocycles. The van der Waals surface area contributed by atoms with E-state index < -0.39 is 6.03 Å². The Labute approximate surface area is 216 Å². The van der Waals surface area contributed by atoms with Crippen LogP contribution in [-0.2, 0) is 7.05 Å². The maximum atomic E-state index is 12.4. The number of carbonyl (C=O) groups is 3. The number of hydrazone groups is 1. The van der Waals surface area contributed by atoms with Gasteiger partial charge in [0.25, 0.3) is 0 Å². The van der Waals surface area contributed by atoms with Crippen molar-refractivity contribution in [3.05, 3.63) is 72.0 Å². The zero-order chi connectivity index (χ0) is 25.9. The fourth-order valence-electron chi connectivity index (χ4n) is 3.95. The third-order valence-electron chi connectivity index (χ3n) is 5.90. The van der Waals surface area contributed by atoms with E-state index >= 15 is 0 Å². The molecule has 3 amide bonds. The minimum atomic E-state index is -0.412. The summed E-state index contributed by atoms with van der Waals surface area (Å²) in [6.45, 7) is 1.92. The number of fused-ring (bicyclic) bond motifs is 1. The number of amides is 3. The standard InChI is InChI=1S/C26H24N6O4S/c1-16(33)17-5-8-19(9-6-17)28-25(34)27-11-12-32-26(35)37-15-21(30-32)18-7-10-22-20(14-18)29-24(31(22)2)23-4-3-13-36-23/h3-10,13-14H,11-12,15H2,1-2H3,(H2,27,28,34). The first-order chi connectivity index (χ1) is 17.9. The number of thioether (sulfide) groups is 1. The highest BCUT2D eigenvalue weighted by Gasteiger charge is 2.23. The summed E-state index contributed by atoms with van der Waals surface area (Å²) >= 11 is 1.17. The van der Waals surface area contributed by atoms with Gasteiger partial charge in [-0.15, -0.1) is 0 Å². The molecule has 1 aliphatic rings. The normalized spacial score (nSPS) is 13.5. The molecule has 188 valence electrons. The van der Waals surface area contributed by atoms with Crippen LogP contribution in [0.15, 0.2) is 70.4 Å². The van der Waals surface area contributed by atoms with Crippen LogP contribution < -0.4 is 10.6 Å². The molecule has 10 nitrogen and oxygen atoms in total. The number of furan rings is 1. The van der Waals surface area contributed by atoms with Crippen molar-refractivity contribution >= 4 is 51.2 Å². The van der Waals surface area contributed by atoms with Crippen molar-refractivity contribution in [2.24, 2.45) is 12.1 Å². The van der Waals surface area contributed by atoms with Crippen LogP contribution >= 0.6 is 11.8 Å². The van der Waals surface area contributed by atoms with Crippen LogP contribution in [0, 0.1) is 0 Å². The number of carbonyl (C=O) groups excluding carboxylic acids is 3. The number of urea groups is 1. The summed E-state index contributed by atoms with van der Waals surface area (Å²) < 4.78 is 7.47. The number of nitrogens with zero attached hydrogens (tertiary/aromatic N) is 4. The zero-order valence-electron chi connectivity index (χ0n) is 20.2. The van der Waals surface area contributed by atoms with E-state index in [4.69, 9.17) is 9.40 Å². The van der Waals surface area contributed by atoms with E-state index in [-0.39, 0.29) is 24.1 Å². The molecule has 2 aromatic heterocycles. The molecule has 0 spiro atoms. The highest BCUT2D eigenvalue weighted by molar-refractivity contribution is 8.14. The van der Waals surface area contributed by atoms with Gasteiger partial charge in [-0.1, -0.05) is 17.8 Å². The first kappa shape index (κ1) is 24.3. The summed E-state index contributed by atoms with van der Waals surface area (Å²) in [7, 11) is 1.94. The average Bonchev–Trinajstić information content (AvgIpc) is 3.53. The van der Waals surface area contributed by atoms with E-state index in [1.54, 1.807) is 30.5 Å². The Morgan fingerprint density at radius 3 is 2.68 bits per heavy atom. The van der Waals surface area contributed by atoms with Crippen molar-refractivity contribution in [1.29, 1.82) is 0 Å². The molecular weight excluding hydrogens is 492 g/mol. The molecule has 0 aliphatic carbocycles. The van der Waals surface area contributed by atoms with Gasteiger partial charge in [0.15, 0.2) is 17.4 Å². The molecular formula is C26H24N6O4S. The van der Waals surface area contributed by atoms with Crippen LogP contribution in [-0.4, -0.2) is 56.2 Å². The van der Waals surface area contributed by atoms with E-state index in [0.29, 0.717) is 22.8 Å². The number of benzene rings is 2. The first-order valence-electron chi connectivity index (χ1n) is 11.6. The van der Waals surface area contributed by atoms with Gasteiger partial charge in [-0.2, -0.15) is 5.10 Å². The maximum absolute atomic E-state index is 12.4. The van der Waals surface area contributed by atoms with Gasteiger partial charge >= 0.3 is 11.3 Å². The van der Waals surface area contributed by atoms with Gasteiger partial charge in [0, 0.05) is 36.2 Å². The number of Topliss-reactive ketones (excluding diaryl/α,β-unsaturated/α-hetero) is 1. The molecule has 4 aromatic rings. The van der Waals surface area contributed by atoms with E-state index in [0.717, 1.165) is 28.1 Å². The summed E-state index contributed by atoms with van der Waals surface area (Å²) in [4.78, 5) is 40.7. The molecule has 5 rings (SSSR count). The molecule has 2 aromatic carbocycles. The lowest BCUT2D eigenvalue weighted by molar-refractivity contribution is 0.101. The van der Waals surface area contributed by atoms with Gasteiger partial charge < -0.3 is 19.6 Å². The lowest BCUT2D eigenvalue weighted by Gasteiger charge is -2.23. The Balaban J connectivity index is 1.23. The molecule has 2 N–H and O–H groups in total. The Hall–Kier alpha value is -4.38. The topological polar surface area (TPSA) is 122 Å². The third kappa shape index (κ3) is 5.26. The van der Waals surface area contributed by atoms with Crippen LogP contribution in [0.2, 0.25) is 0 Å². The van der Waals surface area contributed by atoms with Gasteiger partial charge in [-0.3, -0.25) is 9.59 Å². The molecule has 3 heterocycles. The summed E-state index contributed by atoms with van der Waals surface area (Å²) in [6.07, 6.45) is 1.62. The Bertz CT molecular complexity index is 1510. The van der Waals surface area contributed by atoms with Crippen LogP contribution in [0.25, 0.3) is 22.6 Å². The molecule has 0 unspecified atom stereocenters. The fraction of sp³-hybridized carbons (Fsp3) is 0.192. The molecule has 0 radical (unpaired) electrons. The lowest BCUT2D eigenvalue weighted by atomic mass is 10.1. The van der Waals surface area contributed by atoms with Crippen LogP contribution in [0.3, 0.4) is 0 Å². The molecule has 37 heavy (non-hydrogen) atoms. The maximum Gasteiger partial charge on any atom is 0.319 e. The second-order valence-electron chi connectivity index (χ2n) is 8.41. The summed E-state index contributed by atoms with van der Waals surface area (Å²) in [5, 5.41) is 11.2. The molecule has 0 saturated carbocycles. The Kier molecular flexibility index (Phi) is 6.78. The van der Waals surface area contributed by atoms with Crippen molar-refractivity contribution in [1.82, 2.24) is 19.9 Å². The van der Waals surface area contributed by atoms with E-state index in [1.165, 1.54) is 23.7 Å². The molecule has 1 aliphatic heterocycles. The number of anilines is 1. The van der Waals surface area contributed by atoms with Crippen molar-refractivity contribution in [3.63, 3.8) is 0 Å². The third-order valence-corrected chi connectivity index (χ3v) is 6.77. The highest BCUT2D eigenvalue weighted by Crippen LogP contribution is 2.26. The lowest BCUT2D eigenvalue weighted by Crippen LogP contribution is -2.38. The number of aryl methyl sites for hydroxylation is 1. The average molecular weight is 517 g/mol. The van der Waals surface area contributed by atoms with Crippen LogP contribution in [0.5, 0.6) is 0 Å². The molecule has 11 heteroatoms. The van der Waals surface area contributed by atoms with E-state index in [2.05, 4.69) is 15.7 Å². The van der Waals surface area contributed by atoms with E-state index in [1.807, 2.05) is 41.9 Å². The molecule has 0 fully saturated rings. The number of hydrogen-bond donors (Lipinski definition) is 2. The highest BCUT2D eigenvalue weighted by atomic mass is 32.2. The summed E-state index contributed by atoms with van der Waals surface area (Å²) in [5.41, 5.74) is 4.52. The fourth-order valence-corrected chi connectivity index (χ4v) is 4.71. The van der Waals surface area contributed by atoms with Gasteiger partial charge in [0.2, 0.25) is 0 Å². The van der Waals surface area contributed by atoms with Crippen molar-refractivity contribution in [2.45, 2.75) is 6.92 Å². The predicted molar refractivity (Wildman–Crippen MR) is 143 cm³/mol. The molecule has 0 bridgehead atoms. The van der Waals surface area contributed by atoms with Gasteiger partial charge in [-0.05, 0) is 55.5 Å². The number of aromatic nitrogens is 2. The van der Waals surface area contributed by atoms with Gasteiger partial charge in [0.05, 0.1) is 29.6 Å². The van der Waals surface area contributed by atoms with Crippen molar-refractivity contribution < 1.29 is 18.8 Å². The van der Waals surface area contributed by atoms with Gasteiger partial charge in [0.1, 0.15) is 0 Å². The monoisotopic (exact) mass is 516 g/mol. The number of nitrogens with one attached hydrogen (secondary N) is 2. The molecule has 0 atom stereocenters. The van der Waals surface area contributed by atoms with Crippen molar-refractivity contribution in [3.8, 4) is 11.6 Å².